The molecule has 0 spiro atoms. The minimum Gasteiger partial charge on any atom is -0.493 e. The van der Waals surface area contributed by atoms with Crippen LogP contribution in [0, 0.1) is 5.92 Å². The lowest BCUT2D eigenvalue weighted by Gasteiger charge is -2.26. The van der Waals surface area contributed by atoms with Crippen LogP contribution < -0.4 is 4.74 Å². The summed E-state index contributed by atoms with van der Waals surface area (Å²) in [5.41, 5.74) is 4.98. The normalized spacial score (nSPS) is 19.5. The minimum absolute atomic E-state index is 0.384. The van der Waals surface area contributed by atoms with Gasteiger partial charge in [0.2, 0.25) is 0 Å². The lowest BCUT2D eigenvalue weighted by molar-refractivity contribution is -0.161. The van der Waals surface area contributed by atoms with Gasteiger partial charge in [-0.05, 0) is 81.2 Å². The van der Waals surface area contributed by atoms with Crippen LogP contribution in [-0.4, -0.2) is 33.1 Å². The molecule has 6 heteroatoms. The van der Waals surface area contributed by atoms with Gasteiger partial charge < -0.3 is 14.6 Å². The first-order valence-corrected chi connectivity index (χ1v) is 11.1. The third-order valence-corrected chi connectivity index (χ3v) is 6.00. The fourth-order valence-electron chi connectivity index (χ4n) is 4.59. The van der Waals surface area contributed by atoms with Crippen molar-refractivity contribution < 1.29 is 19.4 Å². The van der Waals surface area contributed by atoms with Gasteiger partial charge in [0.05, 0.1) is 23.6 Å². The number of rotatable bonds is 5. The fourth-order valence-corrected chi connectivity index (χ4v) is 4.59. The number of aromatic nitrogens is 2. The maximum Gasteiger partial charge on any atom is 0.339 e. The van der Waals surface area contributed by atoms with Crippen molar-refractivity contribution in [2.24, 2.45) is 13.0 Å². The molecule has 2 heterocycles. The Labute approximate surface area is 183 Å². The molecule has 2 aliphatic rings. The highest BCUT2D eigenvalue weighted by Gasteiger charge is 2.35. The molecule has 1 aromatic heterocycles. The van der Waals surface area contributed by atoms with Gasteiger partial charge in [-0.15, -0.1) is 0 Å². The van der Waals surface area contributed by atoms with Crippen molar-refractivity contribution in [3.63, 3.8) is 0 Å². The van der Waals surface area contributed by atoms with Crippen LogP contribution >= 0.6 is 0 Å². The predicted octanol–water partition coefficient (Wildman–Crippen LogP) is 5.17. The number of carboxylic acids is 1. The molecule has 2 unspecified atom stereocenters. The summed E-state index contributed by atoms with van der Waals surface area (Å²) in [6.07, 6.45) is 5.15. The van der Waals surface area contributed by atoms with E-state index in [1.165, 1.54) is 5.57 Å². The smallest absolute Gasteiger partial charge is 0.339 e. The molecule has 1 aliphatic carbocycles. The van der Waals surface area contributed by atoms with Gasteiger partial charge in [-0.25, -0.2) is 4.79 Å². The van der Waals surface area contributed by atoms with Gasteiger partial charge >= 0.3 is 5.97 Å². The maximum absolute atomic E-state index is 12.3. The highest BCUT2D eigenvalue weighted by molar-refractivity contribution is 5.86. The highest BCUT2D eigenvalue weighted by Crippen LogP contribution is 2.43. The van der Waals surface area contributed by atoms with Crippen LogP contribution in [0.1, 0.15) is 70.0 Å². The van der Waals surface area contributed by atoms with Gasteiger partial charge in [-0.1, -0.05) is 19.1 Å². The zero-order chi connectivity index (χ0) is 22.3. The van der Waals surface area contributed by atoms with Crippen LogP contribution in [0.3, 0.4) is 0 Å². The molecule has 1 aromatic carbocycles. The molecule has 2 aromatic rings. The molecular weight excluding hydrogens is 392 g/mol. The Bertz CT molecular complexity index is 1030. The van der Waals surface area contributed by atoms with Gasteiger partial charge in [-0.2, -0.15) is 5.10 Å². The molecule has 6 nitrogen and oxygen atoms in total. The quantitative estimate of drug-likeness (QED) is 0.717. The first kappa shape index (κ1) is 21.6. The third kappa shape index (κ3) is 4.26. The zero-order valence-corrected chi connectivity index (χ0v) is 19.1. The maximum atomic E-state index is 12.3. The predicted molar refractivity (Wildman–Crippen MR) is 120 cm³/mol. The third-order valence-electron chi connectivity index (χ3n) is 6.00. The van der Waals surface area contributed by atoms with Crippen LogP contribution in [0.25, 0.3) is 16.7 Å². The van der Waals surface area contributed by atoms with Gasteiger partial charge in [0.1, 0.15) is 5.75 Å². The molecule has 0 radical (unpaired) electrons. The Morgan fingerprint density at radius 1 is 1.35 bits per heavy atom. The molecule has 0 saturated heterocycles. The Morgan fingerprint density at radius 2 is 2.13 bits per heavy atom. The molecule has 0 saturated carbocycles. The number of hydrogen-bond donors (Lipinski definition) is 1. The summed E-state index contributed by atoms with van der Waals surface area (Å²) in [4.78, 5) is 12.3. The van der Waals surface area contributed by atoms with Crippen molar-refractivity contribution in [1.82, 2.24) is 9.78 Å². The van der Waals surface area contributed by atoms with E-state index in [2.05, 4.69) is 19.1 Å². The first-order chi connectivity index (χ1) is 14.7. The van der Waals surface area contributed by atoms with E-state index in [0.29, 0.717) is 11.6 Å². The van der Waals surface area contributed by atoms with Crippen molar-refractivity contribution in [3.8, 4) is 16.9 Å². The van der Waals surface area contributed by atoms with Crippen molar-refractivity contribution in [2.75, 3.05) is 6.61 Å². The molecule has 2 atom stereocenters. The second kappa shape index (κ2) is 8.15. The number of benzene rings is 1. The van der Waals surface area contributed by atoms with Gasteiger partial charge in [-0.3, -0.25) is 4.68 Å². The molecule has 0 bridgehead atoms. The number of nitrogens with zero attached hydrogens (tertiary/aromatic N) is 2. The van der Waals surface area contributed by atoms with Crippen molar-refractivity contribution >= 4 is 11.5 Å². The summed E-state index contributed by atoms with van der Waals surface area (Å²) < 4.78 is 13.5. The largest absolute Gasteiger partial charge is 0.493 e. The molecular formula is C25H32N2O4. The standard InChI is InChI=1S/C25H32N2O4/c1-15-8-6-10-18(15)21-20(17-11-12-19-16(14-17)9-7-13-30-19)22(27(5)26-21)23(24(28)29)31-25(2,3)4/h10-12,14-15,23H,6-9,13H2,1-5H3,(H,28,29). The van der Waals surface area contributed by atoms with Crippen molar-refractivity contribution in [1.29, 1.82) is 0 Å². The summed E-state index contributed by atoms with van der Waals surface area (Å²) in [6, 6.07) is 6.15. The lowest BCUT2D eigenvalue weighted by atomic mass is 9.91. The van der Waals surface area contributed by atoms with E-state index < -0.39 is 17.7 Å². The second-order valence-corrected chi connectivity index (χ2v) is 9.59. The Balaban J connectivity index is 1.93. The summed E-state index contributed by atoms with van der Waals surface area (Å²) in [6.45, 7) is 8.56. The number of hydrogen-bond acceptors (Lipinski definition) is 4. The van der Waals surface area contributed by atoms with Crippen molar-refractivity contribution in [3.05, 3.63) is 41.2 Å². The van der Waals surface area contributed by atoms with Gasteiger partial charge in [0.15, 0.2) is 6.10 Å². The van der Waals surface area contributed by atoms with Crippen LogP contribution in [-0.2, 0) is 23.0 Å². The van der Waals surface area contributed by atoms with E-state index in [-0.39, 0.29) is 0 Å². The molecule has 1 aliphatic heterocycles. The van der Waals surface area contributed by atoms with E-state index in [9.17, 15) is 9.90 Å². The highest BCUT2D eigenvalue weighted by atomic mass is 16.5. The van der Waals surface area contributed by atoms with Crippen molar-refractivity contribution in [2.45, 2.75) is 65.1 Å². The lowest BCUT2D eigenvalue weighted by Crippen LogP contribution is -2.29. The molecule has 0 fully saturated rings. The summed E-state index contributed by atoms with van der Waals surface area (Å²) >= 11 is 0. The van der Waals surface area contributed by atoms with E-state index in [4.69, 9.17) is 14.6 Å². The summed E-state index contributed by atoms with van der Waals surface area (Å²) in [5, 5.41) is 14.9. The monoisotopic (exact) mass is 424 g/mol. The number of fused-ring (bicyclic) bond motifs is 1. The first-order valence-electron chi connectivity index (χ1n) is 11.1. The van der Waals surface area contributed by atoms with E-state index in [1.54, 1.807) is 4.68 Å². The number of carbonyl (C=O) groups is 1. The van der Waals surface area contributed by atoms with Crippen LogP contribution in [0.5, 0.6) is 5.75 Å². The van der Waals surface area contributed by atoms with Gasteiger partial charge in [0, 0.05) is 12.6 Å². The second-order valence-electron chi connectivity index (χ2n) is 9.59. The summed E-state index contributed by atoms with van der Waals surface area (Å²) in [5.74, 6) is 0.283. The Morgan fingerprint density at radius 3 is 2.77 bits per heavy atom. The van der Waals surface area contributed by atoms with E-state index in [1.807, 2.05) is 40.0 Å². The fraction of sp³-hybridized carbons (Fsp3) is 0.520. The molecule has 4 rings (SSSR count). The summed E-state index contributed by atoms with van der Waals surface area (Å²) in [7, 11) is 1.81. The number of ether oxygens (including phenoxy) is 2. The average Bonchev–Trinajstić information content (AvgIpc) is 3.27. The Kier molecular flexibility index (Phi) is 5.69. The average molecular weight is 425 g/mol. The zero-order valence-electron chi connectivity index (χ0n) is 19.1. The van der Waals surface area contributed by atoms with Crippen LogP contribution in [0.4, 0.5) is 0 Å². The Hall–Kier alpha value is -2.60. The number of aliphatic carboxylic acids is 1. The molecule has 1 N–H and O–H groups in total. The molecule has 166 valence electrons. The number of aryl methyl sites for hydroxylation is 2. The minimum atomic E-state index is -1.12. The van der Waals surface area contributed by atoms with Crippen LogP contribution in [0.15, 0.2) is 24.3 Å². The van der Waals surface area contributed by atoms with Gasteiger partial charge in [0.25, 0.3) is 0 Å². The number of allylic oxidation sites excluding steroid dienone is 2. The topological polar surface area (TPSA) is 73.6 Å². The molecule has 0 amide bonds. The number of carboxylic acid groups (broad SMARTS) is 1. The van der Waals surface area contributed by atoms with Crippen LogP contribution in [0.2, 0.25) is 0 Å². The SMILES string of the molecule is CC1CCC=C1c1nn(C)c(C(OC(C)(C)C)C(=O)O)c1-c1ccc2c(c1)CCCO2. The van der Waals surface area contributed by atoms with E-state index in [0.717, 1.165) is 60.4 Å². The molecule has 31 heavy (non-hydrogen) atoms. The van der Waals surface area contributed by atoms with E-state index >= 15 is 0 Å².